The van der Waals surface area contributed by atoms with Gasteiger partial charge in [-0.15, -0.1) is 0 Å². The third kappa shape index (κ3) is 2.21. The molecule has 1 aromatic rings. The minimum absolute atomic E-state index is 0.857. The summed E-state index contributed by atoms with van der Waals surface area (Å²) >= 11 is 0. The quantitative estimate of drug-likeness (QED) is 0.805. The highest BCUT2D eigenvalue weighted by molar-refractivity contribution is 5.59. The van der Waals surface area contributed by atoms with Crippen molar-refractivity contribution >= 4 is 5.69 Å². The van der Waals surface area contributed by atoms with Crippen molar-refractivity contribution in [3.05, 3.63) is 24.3 Å². The van der Waals surface area contributed by atoms with Gasteiger partial charge in [-0.2, -0.15) is 0 Å². The first-order valence-corrected chi connectivity index (χ1v) is 7.35. The van der Waals surface area contributed by atoms with Gasteiger partial charge in [-0.25, -0.2) is 0 Å². The number of ether oxygens (including phenoxy) is 1. The fourth-order valence-corrected chi connectivity index (χ4v) is 3.29. The maximum Gasteiger partial charge on any atom is 0.142 e. The molecule has 0 amide bonds. The molecule has 0 spiro atoms. The predicted octanol–water partition coefficient (Wildman–Crippen LogP) is 3.71. The van der Waals surface area contributed by atoms with Crippen LogP contribution in [0, 0.1) is 11.8 Å². The molecule has 2 aliphatic rings. The Kier molecular flexibility index (Phi) is 3.44. The molecule has 2 nitrogen and oxygen atoms in total. The molecule has 0 aromatic heterocycles. The molecule has 1 fully saturated rings. The largest absolute Gasteiger partial charge is 0.491 e. The Morgan fingerprint density at radius 3 is 2.83 bits per heavy atom. The zero-order valence-electron chi connectivity index (χ0n) is 11.3. The lowest BCUT2D eigenvalue weighted by Gasteiger charge is -2.40. The number of para-hydroxylation sites is 2. The molecule has 3 rings (SSSR count). The molecule has 2 heteroatoms. The molecule has 0 radical (unpaired) electrons. The SMILES string of the molecule is CCC1CCC1CN1CCCOc2ccccc21. The number of rotatable bonds is 3. The van der Waals surface area contributed by atoms with Gasteiger partial charge in [0, 0.05) is 13.1 Å². The number of hydrogen-bond donors (Lipinski definition) is 0. The van der Waals surface area contributed by atoms with Gasteiger partial charge in [0.05, 0.1) is 12.3 Å². The molecular weight excluding hydrogens is 222 g/mol. The van der Waals surface area contributed by atoms with E-state index < -0.39 is 0 Å². The minimum Gasteiger partial charge on any atom is -0.491 e. The van der Waals surface area contributed by atoms with Crippen LogP contribution in [0.3, 0.4) is 0 Å². The summed E-state index contributed by atoms with van der Waals surface area (Å²) in [5.41, 5.74) is 1.30. The van der Waals surface area contributed by atoms with Crippen molar-refractivity contribution in [1.29, 1.82) is 0 Å². The van der Waals surface area contributed by atoms with Gasteiger partial charge in [0.1, 0.15) is 5.75 Å². The summed E-state index contributed by atoms with van der Waals surface area (Å²) in [6, 6.07) is 8.51. The van der Waals surface area contributed by atoms with E-state index in [0.717, 1.165) is 37.2 Å². The zero-order chi connectivity index (χ0) is 12.4. The van der Waals surface area contributed by atoms with E-state index in [1.807, 2.05) is 0 Å². The van der Waals surface area contributed by atoms with Gasteiger partial charge in [0.15, 0.2) is 0 Å². The van der Waals surface area contributed by atoms with Crippen LogP contribution in [0.15, 0.2) is 24.3 Å². The Balaban J connectivity index is 1.75. The number of fused-ring (bicyclic) bond motifs is 1. The molecule has 0 bridgehead atoms. The summed E-state index contributed by atoms with van der Waals surface area (Å²) in [4.78, 5) is 2.55. The van der Waals surface area contributed by atoms with Gasteiger partial charge >= 0.3 is 0 Å². The van der Waals surface area contributed by atoms with Crippen LogP contribution in [0.4, 0.5) is 5.69 Å². The first-order valence-electron chi connectivity index (χ1n) is 7.35. The van der Waals surface area contributed by atoms with Crippen LogP contribution in [0.2, 0.25) is 0 Å². The van der Waals surface area contributed by atoms with E-state index in [1.165, 1.54) is 31.5 Å². The van der Waals surface area contributed by atoms with Crippen LogP contribution in [-0.2, 0) is 0 Å². The molecule has 1 aromatic carbocycles. The smallest absolute Gasteiger partial charge is 0.142 e. The molecule has 1 heterocycles. The van der Waals surface area contributed by atoms with Gasteiger partial charge in [-0.1, -0.05) is 25.5 Å². The summed E-state index contributed by atoms with van der Waals surface area (Å²) < 4.78 is 5.82. The topological polar surface area (TPSA) is 12.5 Å². The lowest BCUT2D eigenvalue weighted by Crippen LogP contribution is -2.38. The van der Waals surface area contributed by atoms with E-state index in [0.29, 0.717) is 0 Å². The Labute approximate surface area is 110 Å². The Hall–Kier alpha value is -1.18. The molecule has 0 N–H and O–H groups in total. The summed E-state index contributed by atoms with van der Waals surface area (Å²) in [5.74, 6) is 2.94. The van der Waals surface area contributed by atoms with E-state index in [-0.39, 0.29) is 0 Å². The van der Waals surface area contributed by atoms with Crippen LogP contribution in [0.1, 0.15) is 32.6 Å². The molecule has 1 aliphatic carbocycles. The standard InChI is InChI=1S/C16H23NO/c1-2-13-8-9-14(13)12-17-10-5-11-18-16-7-4-3-6-15(16)17/h3-4,6-7,13-14H,2,5,8-12H2,1H3. The Morgan fingerprint density at radius 1 is 1.22 bits per heavy atom. The second-order valence-electron chi connectivity index (χ2n) is 5.62. The van der Waals surface area contributed by atoms with E-state index >= 15 is 0 Å². The highest BCUT2D eigenvalue weighted by Gasteiger charge is 2.31. The summed E-state index contributed by atoms with van der Waals surface area (Å²) in [7, 11) is 0. The molecule has 2 atom stereocenters. The third-order valence-corrected chi connectivity index (χ3v) is 4.59. The summed E-state index contributed by atoms with van der Waals surface area (Å²) in [6.45, 7) is 5.55. The lowest BCUT2D eigenvalue weighted by molar-refractivity contribution is 0.175. The first-order chi connectivity index (χ1) is 8.88. The second kappa shape index (κ2) is 5.21. The van der Waals surface area contributed by atoms with Crippen molar-refractivity contribution in [3.8, 4) is 5.75 Å². The van der Waals surface area contributed by atoms with Gasteiger partial charge in [0.2, 0.25) is 0 Å². The number of benzene rings is 1. The monoisotopic (exact) mass is 245 g/mol. The molecule has 2 unspecified atom stereocenters. The van der Waals surface area contributed by atoms with Crippen LogP contribution in [0.5, 0.6) is 5.75 Å². The Morgan fingerprint density at radius 2 is 2.06 bits per heavy atom. The number of hydrogen-bond acceptors (Lipinski definition) is 2. The third-order valence-electron chi connectivity index (χ3n) is 4.59. The maximum absolute atomic E-state index is 5.82. The summed E-state index contributed by atoms with van der Waals surface area (Å²) in [5, 5.41) is 0. The minimum atomic E-state index is 0.857. The predicted molar refractivity (Wildman–Crippen MR) is 75.3 cm³/mol. The fourth-order valence-electron chi connectivity index (χ4n) is 3.29. The van der Waals surface area contributed by atoms with E-state index in [1.54, 1.807) is 0 Å². The van der Waals surface area contributed by atoms with E-state index in [9.17, 15) is 0 Å². The normalized spacial score (nSPS) is 26.8. The van der Waals surface area contributed by atoms with Crippen molar-refractivity contribution in [3.63, 3.8) is 0 Å². The molecule has 1 saturated carbocycles. The maximum atomic E-state index is 5.82. The highest BCUT2D eigenvalue weighted by Crippen LogP contribution is 2.39. The summed E-state index contributed by atoms with van der Waals surface area (Å²) in [6.07, 6.45) is 5.33. The zero-order valence-corrected chi connectivity index (χ0v) is 11.3. The Bertz CT molecular complexity index is 402. The van der Waals surface area contributed by atoms with Gasteiger partial charge < -0.3 is 9.64 Å². The van der Waals surface area contributed by atoms with Crippen molar-refractivity contribution in [2.24, 2.45) is 11.8 Å². The van der Waals surface area contributed by atoms with Crippen molar-refractivity contribution in [1.82, 2.24) is 0 Å². The van der Waals surface area contributed by atoms with Crippen molar-refractivity contribution < 1.29 is 4.74 Å². The van der Waals surface area contributed by atoms with E-state index in [4.69, 9.17) is 4.74 Å². The number of anilines is 1. The molecule has 18 heavy (non-hydrogen) atoms. The van der Waals surface area contributed by atoms with Crippen molar-refractivity contribution in [2.45, 2.75) is 32.6 Å². The van der Waals surface area contributed by atoms with Gasteiger partial charge in [-0.3, -0.25) is 0 Å². The van der Waals surface area contributed by atoms with Crippen LogP contribution >= 0.6 is 0 Å². The highest BCUT2D eigenvalue weighted by atomic mass is 16.5. The fraction of sp³-hybridized carbons (Fsp3) is 0.625. The number of nitrogens with zero attached hydrogens (tertiary/aromatic N) is 1. The van der Waals surface area contributed by atoms with Gasteiger partial charge in [-0.05, 0) is 43.2 Å². The average molecular weight is 245 g/mol. The van der Waals surface area contributed by atoms with Crippen LogP contribution in [0.25, 0.3) is 0 Å². The second-order valence-corrected chi connectivity index (χ2v) is 5.62. The first kappa shape index (κ1) is 11.9. The average Bonchev–Trinajstić information content (AvgIpc) is 2.57. The van der Waals surface area contributed by atoms with Gasteiger partial charge in [0.25, 0.3) is 0 Å². The van der Waals surface area contributed by atoms with Crippen LogP contribution in [-0.4, -0.2) is 19.7 Å². The van der Waals surface area contributed by atoms with E-state index in [2.05, 4.69) is 36.1 Å². The lowest BCUT2D eigenvalue weighted by atomic mass is 9.72. The van der Waals surface area contributed by atoms with Crippen LogP contribution < -0.4 is 9.64 Å². The van der Waals surface area contributed by atoms with Crippen molar-refractivity contribution in [2.75, 3.05) is 24.6 Å². The molecule has 98 valence electrons. The molecule has 0 saturated heterocycles. The molecular formula is C16H23NO. The molecule has 1 aliphatic heterocycles.